The highest BCUT2D eigenvalue weighted by atomic mass is 32.2. The second-order valence-corrected chi connectivity index (χ2v) is 7.67. The molecule has 6 nitrogen and oxygen atoms in total. The molecule has 7 heteroatoms. The maximum Gasteiger partial charge on any atom is 0.161 e. The Morgan fingerprint density at radius 2 is 1.90 bits per heavy atom. The van der Waals surface area contributed by atoms with E-state index in [0.29, 0.717) is 24.7 Å². The van der Waals surface area contributed by atoms with Crippen LogP contribution in [0.4, 0.5) is 0 Å². The van der Waals surface area contributed by atoms with Gasteiger partial charge in [-0.2, -0.15) is 0 Å². The number of fused-ring (bicyclic) bond motifs is 1. The number of benzene rings is 1. The van der Waals surface area contributed by atoms with Crippen LogP contribution in [0.5, 0.6) is 11.5 Å². The molecule has 3 N–H and O–H groups in total. The normalized spacial score (nSPS) is 18.9. The number of aliphatic hydroxyl groups is 1. The summed E-state index contributed by atoms with van der Waals surface area (Å²) in [6, 6.07) is 5.29. The van der Waals surface area contributed by atoms with Crippen molar-refractivity contribution in [3.63, 3.8) is 0 Å². The molecular formula is C14H21NO5S. The molecule has 0 aliphatic carbocycles. The first-order chi connectivity index (χ1) is 9.84. The lowest BCUT2D eigenvalue weighted by atomic mass is 9.91. The number of aliphatic hydroxyl groups excluding tert-OH is 1. The number of sulfone groups is 1. The van der Waals surface area contributed by atoms with Gasteiger partial charge in [-0.1, -0.05) is 6.07 Å². The first-order valence-corrected chi connectivity index (χ1v) is 8.76. The Bertz CT molecular complexity index is 601. The Kier molecular flexibility index (Phi) is 4.75. The maximum absolute atomic E-state index is 11.6. The van der Waals surface area contributed by atoms with Gasteiger partial charge < -0.3 is 20.3 Å². The van der Waals surface area contributed by atoms with Crippen LogP contribution in [0.25, 0.3) is 0 Å². The third-order valence-electron chi connectivity index (χ3n) is 3.82. The first kappa shape index (κ1) is 16.1. The van der Waals surface area contributed by atoms with Crippen LogP contribution >= 0.6 is 0 Å². The lowest BCUT2D eigenvalue weighted by Gasteiger charge is -2.27. The highest BCUT2D eigenvalue weighted by Gasteiger charge is 2.32. The molecular weight excluding hydrogens is 294 g/mol. The smallest absolute Gasteiger partial charge is 0.161 e. The van der Waals surface area contributed by atoms with Crippen LogP contribution in [-0.4, -0.2) is 50.9 Å². The van der Waals surface area contributed by atoms with Crippen molar-refractivity contribution in [1.29, 1.82) is 0 Å². The average Bonchev–Trinajstić information content (AvgIpc) is 2.46. The summed E-state index contributed by atoms with van der Waals surface area (Å²) in [5, 5.41) is 9.45. The molecule has 3 atom stereocenters. The minimum atomic E-state index is -3.34. The molecule has 1 aromatic rings. The van der Waals surface area contributed by atoms with Crippen LogP contribution in [0.15, 0.2) is 18.2 Å². The van der Waals surface area contributed by atoms with E-state index in [1.54, 1.807) is 18.2 Å². The Balaban J connectivity index is 2.29. The molecule has 1 aromatic carbocycles. The summed E-state index contributed by atoms with van der Waals surface area (Å²) in [6.45, 7) is 2.59. The van der Waals surface area contributed by atoms with Crippen molar-refractivity contribution in [2.45, 2.75) is 24.2 Å². The number of hydrogen-bond donors (Lipinski definition) is 2. The molecule has 21 heavy (non-hydrogen) atoms. The van der Waals surface area contributed by atoms with E-state index in [0.717, 1.165) is 11.8 Å². The quantitative estimate of drug-likeness (QED) is 0.810. The fraction of sp³-hybridized carbons (Fsp3) is 0.571. The molecule has 2 rings (SSSR count). The number of nitrogens with two attached hydrogens (primary N) is 1. The van der Waals surface area contributed by atoms with E-state index in [4.69, 9.17) is 15.2 Å². The summed E-state index contributed by atoms with van der Waals surface area (Å²) in [7, 11) is -3.34. The molecule has 1 aliphatic heterocycles. The summed E-state index contributed by atoms with van der Waals surface area (Å²) in [5.74, 6) is 0.758. The van der Waals surface area contributed by atoms with Crippen molar-refractivity contribution in [1.82, 2.24) is 0 Å². The zero-order valence-electron chi connectivity index (χ0n) is 12.2. The van der Waals surface area contributed by atoms with Gasteiger partial charge in [0.25, 0.3) is 0 Å². The maximum atomic E-state index is 11.6. The van der Waals surface area contributed by atoms with Crippen LogP contribution < -0.4 is 15.2 Å². The number of hydrogen-bond acceptors (Lipinski definition) is 6. The predicted molar refractivity (Wildman–Crippen MR) is 79.5 cm³/mol. The van der Waals surface area contributed by atoms with E-state index < -0.39 is 27.1 Å². The summed E-state index contributed by atoms with van der Waals surface area (Å²) in [5.41, 5.74) is 6.48. The Morgan fingerprint density at radius 3 is 2.48 bits per heavy atom. The summed E-state index contributed by atoms with van der Waals surface area (Å²) in [4.78, 5) is 0. The predicted octanol–water partition coefficient (Wildman–Crippen LogP) is 0.294. The zero-order chi connectivity index (χ0) is 15.6. The second-order valence-electron chi connectivity index (χ2n) is 5.27. The van der Waals surface area contributed by atoms with Gasteiger partial charge in [0.2, 0.25) is 0 Å². The molecule has 0 fully saturated rings. The molecule has 0 saturated carbocycles. The standard InChI is InChI=1S/C14H21NO5S/c1-9(21(2,17)18)14(16)11(8-15)10-3-4-12-13(7-10)20-6-5-19-12/h3-4,7,9,11,14,16H,5-6,8,15H2,1-2H3. The van der Waals surface area contributed by atoms with Crippen LogP contribution in [0, 0.1) is 0 Å². The molecule has 0 spiro atoms. The number of rotatable bonds is 5. The molecule has 0 bridgehead atoms. The summed E-state index contributed by atoms with van der Waals surface area (Å²) < 4.78 is 34.2. The molecule has 1 heterocycles. The van der Waals surface area contributed by atoms with Crippen LogP contribution in [0.2, 0.25) is 0 Å². The highest BCUT2D eigenvalue weighted by Crippen LogP contribution is 2.34. The SMILES string of the molecule is CC(C(O)C(CN)c1ccc2c(c1)OCCO2)S(C)(=O)=O. The van der Waals surface area contributed by atoms with Gasteiger partial charge in [0.05, 0.1) is 11.4 Å². The van der Waals surface area contributed by atoms with Gasteiger partial charge >= 0.3 is 0 Å². The summed E-state index contributed by atoms with van der Waals surface area (Å²) in [6.07, 6.45) is 0.0331. The fourth-order valence-electron chi connectivity index (χ4n) is 2.34. The lowest BCUT2D eigenvalue weighted by molar-refractivity contribution is 0.142. The Morgan fingerprint density at radius 1 is 1.29 bits per heavy atom. The Hall–Kier alpha value is -1.31. The van der Waals surface area contributed by atoms with Crippen LogP contribution in [0.1, 0.15) is 18.4 Å². The monoisotopic (exact) mass is 315 g/mol. The van der Waals surface area contributed by atoms with Gasteiger partial charge in [-0.3, -0.25) is 0 Å². The van der Waals surface area contributed by atoms with Gasteiger partial charge in [0.1, 0.15) is 13.2 Å². The van der Waals surface area contributed by atoms with Gasteiger partial charge in [0, 0.05) is 18.7 Å². The topological polar surface area (TPSA) is 98.8 Å². The minimum absolute atomic E-state index is 0.140. The van der Waals surface area contributed by atoms with Gasteiger partial charge in [0.15, 0.2) is 21.3 Å². The average molecular weight is 315 g/mol. The van der Waals surface area contributed by atoms with Crippen LogP contribution in [-0.2, 0) is 9.84 Å². The van der Waals surface area contributed by atoms with Crippen molar-refractivity contribution in [3.8, 4) is 11.5 Å². The third kappa shape index (κ3) is 3.48. The largest absolute Gasteiger partial charge is 0.486 e. The summed E-state index contributed by atoms with van der Waals surface area (Å²) >= 11 is 0. The molecule has 3 unspecified atom stereocenters. The molecule has 0 aromatic heterocycles. The van der Waals surface area contributed by atoms with Gasteiger partial charge in [-0.15, -0.1) is 0 Å². The first-order valence-electron chi connectivity index (χ1n) is 6.81. The fourth-order valence-corrected chi connectivity index (χ4v) is 3.04. The highest BCUT2D eigenvalue weighted by molar-refractivity contribution is 7.91. The number of ether oxygens (including phenoxy) is 2. The van der Waals surface area contributed by atoms with E-state index >= 15 is 0 Å². The van der Waals surface area contributed by atoms with Gasteiger partial charge in [-0.25, -0.2) is 8.42 Å². The molecule has 0 radical (unpaired) electrons. The van der Waals surface area contributed by atoms with E-state index in [1.807, 2.05) is 0 Å². The van der Waals surface area contributed by atoms with E-state index in [1.165, 1.54) is 6.92 Å². The Labute approximate surface area is 124 Å². The van der Waals surface area contributed by atoms with Crippen molar-refractivity contribution in [2.75, 3.05) is 26.0 Å². The molecule has 0 saturated heterocycles. The molecule has 118 valence electrons. The van der Waals surface area contributed by atoms with E-state index in [9.17, 15) is 13.5 Å². The molecule has 1 aliphatic rings. The van der Waals surface area contributed by atoms with E-state index in [2.05, 4.69) is 0 Å². The van der Waals surface area contributed by atoms with E-state index in [-0.39, 0.29) is 6.54 Å². The second kappa shape index (κ2) is 6.21. The van der Waals surface area contributed by atoms with Crippen molar-refractivity contribution >= 4 is 9.84 Å². The van der Waals surface area contributed by atoms with Crippen molar-refractivity contribution in [3.05, 3.63) is 23.8 Å². The zero-order valence-corrected chi connectivity index (χ0v) is 13.0. The third-order valence-corrected chi connectivity index (χ3v) is 5.45. The van der Waals surface area contributed by atoms with Gasteiger partial charge in [-0.05, 0) is 24.6 Å². The van der Waals surface area contributed by atoms with Crippen LogP contribution in [0.3, 0.4) is 0 Å². The minimum Gasteiger partial charge on any atom is -0.486 e. The van der Waals surface area contributed by atoms with Crippen molar-refractivity contribution < 1.29 is 23.0 Å². The molecule has 0 amide bonds. The lowest BCUT2D eigenvalue weighted by Crippen LogP contribution is -2.38. The van der Waals surface area contributed by atoms with Crippen molar-refractivity contribution in [2.24, 2.45) is 5.73 Å².